The maximum Gasteiger partial charge on any atom is 0.244 e. The van der Waals surface area contributed by atoms with Gasteiger partial charge in [-0.15, -0.1) is 0 Å². The Morgan fingerprint density at radius 3 is 2.47 bits per heavy atom. The van der Waals surface area contributed by atoms with E-state index in [0.717, 1.165) is 29.2 Å². The van der Waals surface area contributed by atoms with Crippen molar-refractivity contribution in [1.82, 2.24) is 15.3 Å². The van der Waals surface area contributed by atoms with E-state index in [1.54, 1.807) is 14.1 Å². The number of nitrogens with zero attached hydrogens (tertiary/aromatic N) is 2. The SMILES string of the molecule is CCCC[C@H](CN(O)C=O)C(=O)N[C@@H](Cc1ccc2ccccc2c1)C(=O)N(C)C. The molecule has 0 aromatic heterocycles. The molecule has 2 aromatic rings. The molecule has 0 saturated heterocycles. The van der Waals surface area contributed by atoms with Gasteiger partial charge in [0.15, 0.2) is 0 Å². The van der Waals surface area contributed by atoms with E-state index in [9.17, 15) is 19.6 Å². The van der Waals surface area contributed by atoms with Gasteiger partial charge >= 0.3 is 0 Å². The molecule has 2 rings (SSSR count). The lowest BCUT2D eigenvalue weighted by Gasteiger charge is -2.25. The van der Waals surface area contributed by atoms with E-state index in [2.05, 4.69) is 5.32 Å². The largest absolute Gasteiger partial charge is 0.347 e. The van der Waals surface area contributed by atoms with E-state index >= 15 is 0 Å². The quantitative estimate of drug-likeness (QED) is 0.337. The van der Waals surface area contributed by atoms with Crippen molar-refractivity contribution in [2.24, 2.45) is 5.92 Å². The third-order valence-corrected chi connectivity index (χ3v) is 5.12. The lowest BCUT2D eigenvalue weighted by atomic mass is 9.98. The van der Waals surface area contributed by atoms with Gasteiger partial charge in [0, 0.05) is 20.5 Å². The zero-order valence-corrected chi connectivity index (χ0v) is 17.9. The summed E-state index contributed by atoms with van der Waals surface area (Å²) in [4.78, 5) is 37.9. The van der Waals surface area contributed by atoms with Gasteiger partial charge < -0.3 is 10.2 Å². The average molecular weight is 414 g/mol. The lowest BCUT2D eigenvalue weighted by Crippen LogP contribution is -2.50. The zero-order valence-electron chi connectivity index (χ0n) is 17.9. The van der Waals surface area contributed by atoms with Crippen LogP contribution in [0.3, 0.4) is 0 Å². The normalized spacial score (nSPS) is 12.8. The molecule has 0 aliphatic rings. The van der Waals surface area contributed by atoms with E-state index in [-0.39, 0.29) is 24.8 Å². The Balaban J connectivity index is 2.20. The minimum atomic E-state index is -0.735. The minimum absolute atomic E-state index is 0.103. The minimum Gasteiger partial charge on any atom is -0.347 e. The summed E-state index contributed by atoms with van der Waals surface area (Å²) in [6.45, 7) is 1.90. The first kappa shape index (κ1) is 23.3. The van der Waals surface area contributed by atoms with Crippen molar-refractivity contribution >= 4 is 29.0 Å². The molecule has 162 valence electrons. The smallest absolute Gasteiger partial charge is 0.244 e. The molecule has 0 spiro atoms. The van der Waals surface area contributed by atoms with Gasteiger partial charge in [0.1, 0.15) is 6.04 Å². The molecule has 0 radical (unpaired) electrons. The van der Waals surface area contributed by atoms with Crippen molar-refractivity contribution in [3.05, 3.63) is 48.0 Å². The van der Waals surface area contributed by atoms with Crippen LogP contribution in [0.5, 0.6) is 0 Å². The number of amides is 3. The van der Waals surface area contributed by atoms with Crippen LogP contribution >= 0.6 is 0 Å². The van der Waals surface area contributed by atoms with Crippen molar-refractivity contribution in [2.45, 2.75) is 38.6 Å². The Kier molecular flexibility index (Phi) is 8.80. The Morgan fingerprint density at radius 2 is 1.83 bits per heavy atom. The molecule has 0 aliphatic carbocycles. The second-order valence-corrected chi connectivity index (χ2v) is 7.75. The highest BCUT2D eigenvalue weighted by Crippen LogP contribution is 2.18. The van der Waals surface area contributed by atoms with E-state index in [1.807, 2.05) is 49.4 Å². The van der Waals surface area contributed by atoms with Gasteiger partial charge in [0.25, 0.3) is 0 Å². The van der Waals surface area contributed by atoms with Gasteiger partial charge in [-0.2, -0.15) is 0 Å². The van der Waals surface area contributed by atoms with Gasteiger partial charge in [0.05, 0.1) is 12.5 Å². The first-order valence-electron chi connectivity index (χ1n) is 10.3. The summed E-state index contributed by atoms with van der Waals surface area (Å²) in [5.41, 5.74) is 0.941. The Hall–Kier alpha value is -2.93. The first-order valence-corrected chi connectivity index (χ1v) is 10.3. The standard InChI is InChI=1S/C23H31N3O4/c1-4-5-8-20(15-26(30)16-27)22(28)24-21(23(29)25(2)3)14-17-11-12-18-9-6-7-10-19(18)13-17/h6-7,9-13,16,20-21,30H,4-5,8,14-15H2,1-3H3,(H,24,28)/t20-,21+/m1/s1. The fourth-order valence-corrected chi connectivity index (χ4v) is 3.43. The van der Waals surface area contributed by atoms with Crippen molar-refractivity contribution in [1.29, 1.82) is 0 Å². The molecule has 0 saturated carbocycles. The number of likely N-dealkylation sites (N-methyl/N-ethyl adjacent to an activating group) is 1. The van der Waals surface area contributed by atoms with Crippen LogP contribution in [0.2, 0.25) is 0 Å². The topological polar surface area (TPSA) is 90.0 Å². The van der Waals surface area contributed by atoms with E-state index in [4.69, 9.17) is 0 Å². The molecule has 0 bridgehead atoms. The van der Waals surface area contributed by atoms with Gasteiger partial charge in [-0.1, -0.05) is 62.2 Å². The number of carbonyl (C=O) groups is 3. The van der Waals surface area contributed by atoms with Crippen molar-refractivity contribution in [3.8, 4) is 0 Å². The highest BCUT2D eigenvalue weighted by atomic mass is 16.5. The summed E-state index contributed by atoms with van der Waals surface area (Å²) in [5.74, 6) is -1.14. The summed E-state index contributed by atoms with van der Waals surface area (Å²) in [6.07, 6.45) is 2.82. The van der Waals surface area contributed by atoms with Gasteiger partial charge in [-0.05, 0) is 22.8 Å². The third-order valence-electron chi connectivity index (χ3n) is 5.12. The van der Waals surface area contributed by atoms with Crippen molar-refractivity contribution in [2.75, 3.05) is 20.6 Å². The molecule has 0 heterocycles. The molecular weight excluding hydrogens is 382 g/mol. The van der Waals surface area contributed by atoms with Crippen LogP contribution in [0.15, 0.2) is 42.5 Å². The summed E-state index contributed by atoms with van der Waals surface area (Å²) < 4.78 is 0. The van der Waals surface area contributed by atoms with Crippen LogP contribution in [0, 0.1) is 5.92 Å². The molecule has 7 nitrogen and oxygen atoms in total. The number of fused-ring (bicyclic) bond motifs is 1. The molecule has 2 aromatic carbocycles. The third kappa shape index (κ3) is 6.56. The van der Waals surface area contributed by atoms with Crippen molar-refractivity contribution in [3.63, 3.8) is 0 Å². The molecule has 0 unspecified atom stereocenters. The molecule has 0 aliphatic heterocycles. The number of nitrogens with one attached hydrogen (secondary N) is 1. The number of rotatable bonds is 11. The van der Waals surface area contributed by atoms with Gasteiger partial charge in [-0.3, -0.25) is 19.6 Å². The van der Waals surface area contributed by atoms with E-state index in [1.165, 1.54) is 4.90 Å². The maximum absolute atomic E-state index is 12.9. The molecular formula is C23H31N3O4. The first-order chi connectivity index (χ1) is 14.3. The number of hydroxylamine groups is 2. The number of hydrogen-bond donors (Lipinski definition) is 2. The van der Waals surface area contributed by atoms with Gasteiger partial charge in [0.2, 0.25) is 18.2 Å². The predicted octanol–water partition coefficient (Wildman–Crippen LogP) is 2.61. The monoisotopic (exact) mass is 413 g/mol. The van der Waals surface area contributed by atoms with Crippen LogP contribution in [0.1, 0.15) is 31.7 Å². The Bertz CT molecular complexity index is 868. The fourth-order valence-electron chi connectivity index (χ4n) is 3.43. The second-order valence-electron chi connectivity index (χ2n) is 7.75. The summed E-state index contributed by atoms with van der Waals surface area (Å²) in [5, 5.41) is 15.1. The lowest BCUT2D eigenvalue weighted by molar-refractivity contribution is -0.155. The highest BCUT2D eigenvalue weighted by molar-refractivity contribution is 5.89. The van der Waals surface area contributed by atoms with Crippen LogP contribution < -0.4 is 5.32 Å². The van der Waals surface area contributed by atoms with Crippen LogP contribution in [-0.4, -0.2) is 60.1 Å². The fraction of sp³-hybridized carbons (Fsp3) is 0.435. The summed E-state index contributed by atoms with van der Waals surface area (Å²) >= 11 is 0. The summed E-state index contributed by atoms with van der Waals surface area (Å²) in [6, 6.07) is 13.2. The van der Waals surface area contributed by atoms with E-state index in [0.29, 0.717) is 17.9 Å². The number of hydrogen-bond acceptors (Lipinski definition) is 4. The number of benzene rings is 2. The van der Waals surface area contributed by atoms with E-state index < -0.39 is 12.0 Å². The molecule has 30 heavy (non-hydrogen) atoms. The molecule has 2 N–H and O–H groups in total. The van der Waals surface area contributed by atoms with Crippen LogP contribution in [0.4, 0.5) is 0 Å². The average Bonchev–Trinajstić information content (AvgIpc) is 2.75. The molecule has 2 atom stereocenters. The maximum atomic E-state index is 12.9. The van der Waals surface area contributed by atoms with Crippen LogP contribution in [-0.2, 0) is 20.8 Å². The van der Waals surface area contributed by atoms with Crippen LogP contribution in [0.25, 0.3) is 10.8 Å². The number of carbonyl (C=O) groups excluding carboxylic acids is 3. The van der Waals surface area contributed by atoms with Crippen molar-refractivity contribution < 1.29 is 19.6 Å². The number of unbranched alkanes of at least 4 members (excludes halogenated alkanes) is 1. The van der Waals surface area contributed by atoms with Gasteiger partial charge in [-0.25, -0.2) is 5.06 Å². The highest BCUT2D eigenvalue weighted by Gasteiger charge is 2.27. The zero-order chi connectivity index (χ0) is 22.1. The Morgan fingerprint density at radius 1 is 1.13 bits per heavy atom. The molecule has 7 heteroatoms. The predicted molar refractivity (Wildman–Crippen MR) is 116 cm³/mol. The molecule has 3 amide bonds. The Labute approximate surface area is 177 Å². The summed E-state index contributed by atoms with van der Waals surface area (Å²) in [7, 11) is 3.30. The second kappa shape index (κ2) is 11.3. The molecule has 0 fully saturated rings.